The van der Waals surface area contributed by atoms with Gasteiger partial charge in [0, 0.05) is 18.3 Å². The topological polar surface area (TPSA) is 63.6 Å². The zero-order valence-electron chi connectivity index (χ0n) is 15.5. The van der Waals surface area contributed by atoms with Crippen molar-refractivity contribution in [3.8, 4) is 0 Å². The maximum atomic E-state index is 12.0. The van der Waals surface area contributed by atoms with E-state index in [0.29, 0.717) is 12.8 Å². The Morgan fingerprint density at radius 1 is 1.32 bits per heavy atom. The Kier molecular flexibility index (Phi) is 10.8. The van der Waals surface area contributed by atoms with Crippen LogP contribution in [0.5, 0.6) is 0 Å². The minimum Gasteiger partial charge on any atom is -0.469 e. The Hall–Kier alpha value is -1.68. The predicted octanol–water partition coefficient (Wildman–Crippen LogP) is 4.14. The number of carbonyl (C=O) groups is 2. The van der Waals surface area contributed by atoms with E-state index in [9.17, 15) is 14.7 Å². The molecule has 3 atom stereocenters. The summed E-state index contributed by atoms with van der Waals surface area (Å²) in [4.78, 5) is 23.0. The zero-order valence-corrected chi connectivity index (χ0v) is 15.5. The molecule has 0 saturated heterocycles. The lowest BCUT2D eigenvalue weighted by Crippen LogP contribution is -2.14. The lowest BCUT2D eigenvalue weighted by atomic mass is 9.90. The van der Waals surface area contributed by atoms with Gasteiger partial charge in [-0.1, -0.05) is 56.6 Å². The molecular weight excluding hydrogens is 316 g/mol. The average Bonchev–Trinajstić information content (AvgIpc) is 2.96. The van der Waals surface area contributed by atoms with E-state index >= 15 is 0 Å². The molecule has 0 amide bonds. The van der Waals surface area contributed by atoms with Crippen molar-refractivity contribution in [3.05, 3.63) is 36.5 Å². The third-order valence-corrected chi connectivity index (χ3v) is 4.51. The van der Waals surface area contributed by atoms with Gasteiger partial charge in [0.05, 0.1) is 13.2 Å². The van der Waals surface area contributed by atoms with Crippen molar-refractivity contribution in [1.82, 2.24) is 0 Å². The van der Waals surface area contributed by atoms with Gasteiger partial charge in [0.15, 0.2) is 5.78 Å². The van der Waals surface area contributed by atoms with Crippen LogP contribution in [0, 0.1) is 11.8 Å². The van der Waals surface area contributed by atoms with Crippen molar-refractivity contribution in [2.75, 3.05) is 7.11 Å². The zero-order chi connectivity index (χ0) is 18.5. The molecule has 4 heteroatoms. The Labute approximate surface area is 151 Å². The van der Waals surface area contributed by atoms with Crippen LogP contribution in [0.15, 0.2) is 36.5 Å². The van der Waals surface area contributed by atoms with Gasteiger partial charge >= 0.3 is 5.97 Å². The molecule has 1 N–H and O–H groups in total. The number of esters is 1. The SMILES string of the molecule is CCCCC[C@H](O)/C=C/[C@H]1C=CC(=O)[C@@H]1C/C=C\CCCC(=O)OC. The molecule has 0 bridgehead atoms. The molecule has 1 rings (SSSR count). The Bertz CT molecular complexity index is 490. The van der Waals surface area contributed by atoms with Crippen LogP contribution in [-0.2, 0) is 14.3 Å². The second-order valence-electron chi connectivity index (χ2n) is 6.57. The largest absolute Gasteiger partial charge is 0.469 e. The van der Waals surface area contributed by atoms with E-state index in [2.05, 4.69) is 11.7 Å². The third kappa shape index (κ3) is 8.82. The van der Waals surface area contributed by atoms with Crippen LogP contribution >= 0.6 is 0 Å². The van der Waals surface area contributed by atoms with E-state index in [1.807, 2.05) is 30.4 Å². The maximum Gasteiger partial charge on any atom is 0.305 e. The van der Waals surface area contributed by atoms with Gasteiger partial charge < -0.3 is 9.84 Å². The van der Waals surface area contributed by atoms with Crippen molar-refractivity contribution in [2.24, 2.45) is 11.8 Å². The number of unbranched alkanes of at least 4 members (excludes halogenated alkanes) is 3. The fourth-order valence-corrected chi connectivity index (χ4v) is 2.91. The number of hydrogen-bond acceptors (Lipinski definition) is 4. The predicted molar refractivity (Wildman–Crippen MR) is 100 cm³/mol. The van der Waals surface area contributed by atoms with E-state index in [-0.39, 0.29) is 23.6 Å². The second kappa shape index (κ2) is 12.6. The lowest BCUT2D eigenvalue weighted by molar-refractivity contribution is -0.140. The van der Waals surface area contributed by atoms with E-state index in [1.165, 1.54) is 7.11 Å². The smallest absolute Gasteiger partial charge is 0.305 e. The number of allylic oxidation sites excluding steroid dienone is 5. The normalized spacial score (nSPS) is 21.5. The summed E-state index contributed by atoms with van der Waals surface area (Å²) in [5.74, 6) is -0.0513. The van der Waals surface area contributed by atoms with Gasteiger partial charge in [0.2, 0.25) is 0 Å². The lowest BCUT2D eigenvalue weighted by Gasteiger charge is -2.13. The number of ether oxygens (including phenoxy) is 1. The number of aliphatic hydroxyl groups is 1. The molecule has 1 aliphatic carbocycles. The molecule has 0 aliphatic heterocycles. The number of carbonyl (C=O) groups excluding carboxylic acids is 2. The van der Waals surface area contributed by atoms with E-state index in [4.69, 9.17) is 0 Å². The fraction of sp³-hybridized carbons (Fsp3) is 0.619. The number of ketones is 1. The Morgan fingerprint density at radius 3 is 2.84 bits per heavy atom. The molecule has 0 unspecified atom stereocenters. The second-order valence-corrected chi connectivity index (χ2v) is 6.57. The molecule has 0 heterocycles. The number of methoxy groups -OCH3 is 1. The summed E-state index contributed by atoms with van der Waals surface area (Å²) in [5, 5.41) is 9.98. The van der Waals surface area contributed by atoms with Crippen LogP contribution in [0.1, 0.15) is 58.3 Å². The molecule has 0 spiro atoms. The van der Waals surface area contributed by atoms with Gasteiger partial charge in [-0.3, -0.25) is 9.59 Å². The average molecular weight is 348 g/mol. The highest BCUT2D eigenvalue weighted by atomic mass is 16.5. The Balaban J connectivity index is 2.36. The summed E-state index contributed by atoms with van der Waals surface area (Å²) in [7, 11) is 1.39. The van der Waals surface area contributed by atoms with Crippen molar-refractivity contribution in [1.29, 1.82) is 0 Å². The molecule has 0 aromatic rings. The standard InChI is InChI=1S/C21H32O4/c1-3-4-7-10-18(22)15-13-17-14-16-20(23)19(17)11-8-5-6-9-12-21(24)25-2/h5,8,13-19,22H,3-4,6-7,9-12H2,1-2H3/b8-5-,15-13+/t17-,18-,19+/m0/s1. The molecule has 25 heavy (non-hydrogen) atoms. The quantitative estimate of drug-likeness (QED) is 0.327. The van der Waals surface area contributed by atoms with Gasteiger partial charge in [-0.15, -0.1) is 0 Å². The first-order valence-electron chi connectivity index (χ1n) is 9.38. The molecule has 1 aliphatic rings. The van der Waals surface area contributed by atoms with Crippen molar-refractivity contribution in [2.45, 2.75) is 64.4 Å². The number of hydrogen-bond donors (Lipinski definition) is 1. The fourth-order valence-electron chi connectivity index (χ4n) is 2.91. The summed E-state index contributed by atoms with van der Waals surface area (Å²) in [6.07, 6.45) is 17.7. The van der Waals surface area contributed by atoms with Crippen LogP contribution in [0.4, 0.5) is 0 Å². The number of rotatable bonds is 12. The summed E-state index contributed by atoms with van der Waals surface area (Å²) in [5.41, 5.74) is 0. The van der Waals surface area contributed by atoms with Crippen LogP contribution in [0.2, 0.25) is 0 Å². The van der Waals surface area contributed by atoms with Gasteiger partial charge in [-0.2, -0.15) is 0 Å². The monoisotopic (exact) mass is 348 g/mol. The summed E-state index contributed by atoms with van der Waals surface area (Å²) < 4.78 is 4.60. The van der Waals surface area contributed by atoms with E-state index < -0.39 is 6.10 Å². The van der Waals surface area contributed by atoms with Gasteiger partial charge in [-0.05, 0) is 31.8 Å². The molecule has 0 saturated carbocycles. The first-order valence-corrected chi connectivity index (χ1v) is 9.38. The number of aliphatic hydroxyl groups excluding tert-OH is 1. The molecule has 0 radical (unpaired) electrons. The highest BCUT2D eigenvalue weighted by Crippen LogP contribution is 2.27. The highest BCUT2D eigenvalue weighted by Gasteiger charge is 2.27. The van der Waals surface area contributed by atoms with Gasteiger partial charge in [0.25, 0.3) is 0 Å². The molecule has 4 nitrogen and oxygen atoms in total. The third-order valence-electron chi connectivity index (χ3n) is 4.51. The van der Waals surface area contributed by atoms with Crippen molar-refractivity contribution >= 4 is 11.8 Å². The van der Waals surface area contributed by atoms with E-state index in [0.717, 1.165) is 38.5 Å². The van der Waals surface area contributed by atoms with Crippen LogP contribution in [0.3, 0.4) is 0 Å². The highest BCUT2D eigenvalue weighted by molar-refractivity contribution is 5.95. The first-order chi connectivity index (χ1) is 12.1. The molecule has 140 valence electrons. The molecular formula is C21H32O4. The van der Waals surface area contributed by atoms with Crippen LogP contribution in [0.25, 0.3) is 0 Å². The molecule has 0 fully saturated rings. The van der Waals surface area contributed by atoms with Crippen molar-refractivity contribution in [3.63, 3.8) is 0 Å². The van der Waals surface area contributed by atoms with E-state index in [1.54, 1.807) is 6.08 Å². The van der Waals surface area contributed by atoms with Crippen LogP contribution in [-0.4, -0.2) is 30.1 Å². The Morgan fingerprint density at radius 2 is 2.12 bits per heavy atom. The minimum atomic E-state index is -0.426. The van der Waals surface area contributed by atoms with Crippen LogP contribution < -0.4 is 0 Å². The van der Waals surface area contributed by atoms with Gasteiger partial charge in [-0.25, -0.2) is 0 Å². The van der Waals surface area contributed by atoms with Crippen molar-refractivity contribution < 1.29 is 19.4 Å². The summed E-state index contributed by atoms with van der Waals surface area (Å²) in [6, 6.07) is 0. The summed E-state index contributed by atoms with van der Waals surface area (Å²) in [6.45, 7) is 2.14. The summed E-state index contributed by atoms with van der Waals surface area (Å²) >= 11 is 0. The molecule has 0 aromatic heterocycles. The van der Waals surface area contributed by atoms with Gasteiger partial charge in [0.1, 0.15) is 0 Å². The minimum absolute atomic E-state index is 0.0630. The first kappa shape index (κ1) is 21.4. The molecule has 0 aromatic carbocycles. The maximum absolute atomic E-state index is 12.0.